The molecule has 1 aliphatic rings. The fourth-order valence-electron chi connectivity index (χ4n) is 0.743. The van der Waals surface area contributed by atoms with Crippen LogP contribution in [0.25, 0.3) is 0 Å². The maximum absolute atomic E-state index is 11.7. The Balaban J connectivity index is 2.32. The van der Waals surface area contributed by atoms with Crippen molar-refractivity contribution in [1.29, 1.82) is 0 Å². The van der Waals surface area contributed by atoms with Gasteiger partial charge in [-0.1, -0.05) is 0 Å². The quantitative estimate of drug-likeness (QED) is 0.727. The van der Waals surface area contributed by atoms with Crippen LogP contribution in [0.2, 0.25) is 0 Å². The molecule has 13 heavy (non-hydrogen) atoms. The molecule has 0 aromatic carbocycles. The van der Waals surface area contributed by atoms with Gasteiger partial charge in [0, 0.05) is 9.78 Å². The first-order chi connectivity index (χ1) is 5.97. The van der Waals surface area contributed by atoms with Gasteiger partial charge in [-0.25, -0.2) is 0 Å². The van der Waals surface area contributed by atoms with Gasteiger partial charge in [-0.15, -0.1) is 0 Å². The van der Waals surface area contributed by atoms with E-state index in [0.717, 1.165) is 8.64 Å². The van der Waals surface area contributed by atoms with Crippen molar-refractivity contribution in [3.8, 4) is 0 Å². The van der Waals surface area contributed by atoms with Crippen molar-refractivity contribution in [3.63, 3.8) is 0 Å². The molecule has 6 heteroatoms. The minimum atomic E-state index is -4.28. The molecule has 0 atom stereocenters. The van der Waals surface area contributed by atoms with Gasteiger partial charge in [0.2, 0.25) is 0 Å². The average Bonchev–Trinajstić information content (AvgIpc) is 2.00. The second kappa shape index (κ2) is 4.32. The van der Waals surface area contributed by atoms with E-state index in [4.69, 9.17) is 0 Å². The van der Waals surface area contributed by atoms with Gasteiger partial charge in [-0.3, -0.25) is 9.90 Å². The van der Waals surface area contributed by atoms with Crippen molar-refractivity contribution in [3.05, 3.63) is 21.9 Å². The van der Waals surface area contributed by atoms with E-state index < -0.39 is 12.8 Å². The third-order valence-corrected chi connectivity index (χ3v) is 1.93. The lowest BCUT2D eigenvalue weighted by Crippen LogP contribution is -2.27. The Morgan fingerprint density at radius 3 is 2.77 bits per heavy atom. The lowest BCUT2D eigenvalue weighted by molar-refractivity contribution is -0.233. The lowest BCUT2D eigenvalue weighted by atomic mass is 10.4. The van der Waals surface area contributed by atoms with Crippen LogP contribution < -0.4 is 0 Å². The molecule has 0 aliphatic carbocycles. The summed E-state index contributed by atoms with van der Waals surface area (Å²) in [5, 5.41) is 1.16. The van der Waals surface area contributed by atoms with Crippen molar-refractivity contribution in [2.75, 3.05) is 13.2 Å². The van der Waals surface area contributed by atoms with Gasteiger partial charge in [0.1, 0.15) is 0 Å². The predicted molar refractivity (Wildman–Crippen MR) is 50.0 cm³/mol. The SMILES string of the molecule is FC(F)(F)CON1C=CC=C(I)C1. The maximum Gasteiger partial charge on any atom is 0.414 e. The molecule has 2 nitrogen and oxygen atoms in total. The van der Waals surface area contributed by atoms with Gasteiger partial charge in [0.15, 0.2) is 6.61 Å². The highest BCUT2D eigenvalue weighted by atomic mass is 127. The van der Waals surface area contributed by atoms with Crippen molar-refractivity contribution >= 4 is 22.6 Å². The second-order valence-electron chi connectivity index (χ2n) is 2.42. The van der Waals surface area contributed by atoms with Crippen LogP contribution in [-0.2, 0) is 4.84 Å². The van der Waals surface area contributed by atoms with Gasteiger partial charge in [-0.05, 0) is 34.7 Å². The summed E-state index contributed by atoms with van der Waals surface area (Å²) in [6.07, 6.45) is 0.643. The Hall–Kier alpha value is -0.240. The zero-order valence-corrected chi connectivity index (χ0v) is 8.67. The lowest BCUT2D eigenvalue weighted by Gasteiger charge is -2.22. The smallest absolute Gasteiger partial charge is 0.264 e. The van der Waals surface area contributed by atoms with E-state index in [9.17, 15) is 13.2 Å². The van der Waals surface area contributed by atoms with Crippen molar-refractivity contribution in [2.45, 2.75) is 6.18 Å². The first-order valence-corrected chi connectivity index (χ1v) is 4.54. The summed E-state index contributed by atoms with van der Waals surface area (Å²) in [5.41, 5.74) is 0. The highest BCUT2D eigenvalue weighted by Crippen LogP contribution is 2.18. The topological polar surface area (TPSA) is 12.5 Å². The molecule has 0 amide bonds. The Kier molecular flexibility index (Phi) is 3.60. The summed E-state index contributed by atoms with van der Waals surface area (Å²) in [5.74, 6) is 0. The molecule has 0 aromatic rings. The van der Waals surface area contributed by atoms with Crippen LogP contribution in [0.5, 0.6) is 0 Å². The second-order valence-corrected chi connectivity index (χ2v) is 3.80. The Morgan fingerprint density at radius 2 is 2.23 bits per heavy atom. The zero-order chi connectivity index (χ0) is 9.90. The fraction of sp³-hybridized carbons (Fsp3) is 0.429. The number of halogens is 4. The van der Waals surface area contributed by atoms with Crippen LogP contribution in [0.15, 0.2) is 21.9 Å². The molecule has 0 fully saturated rings. The zero-order valence-electron chi connectivity index (χ0n) is 6.51. The van der Waals surface area contributed by atoms with Gasteiger partial charge < -0.3 is 0 Å². The number of rotatable bonds is 2. The number of alkyl halides is 3. The van der Waals surface area contributed by atoms with Crippen LogP contribution in [0.3, 0.4) is 0 Å². The summed E-state index contributed by atoms with van der Waals surface area (Å²) in [6, 6.07) is 0. The predicted octanol–water partition coefficient (Wildman–Crippen LogP) is 2.63. The van der Waals surface area contributed by atoms with E-state index in [-0.39, 0.29) is 0 Å². The third-order valence-electron chi connectivity index (χ3n) is 1.23. The first-order valence-electron chi connectivity index (χ1n) is 3.46. The molecule has 0 radical (unpaired) electrons. The third kappa shape index (κ3) is 4.51. The van der Waals surface area contributed by atoms with Gasteiger partial charge in [0.05, 0.1) is 6.54 Å². The molecule has 0 aromatic heterocycles. The van der Waals surface area contributed by atoms with Crippen LogP contribution in [-0.4, -0.2) is 24.4 Å². The van der Waals surface area contributed by atoms with Crippen molar-refractivity contribution < 1.29 is 18.0 Å². The first kappa shape index (κ1) is 10.8. The number of hydrogen-bond donors (Lipinski definition) is 0. The summed E-state index contributed by atoms with van der Waals surface area (Å²) in [6.45, 7) is -0.881. The van der Waals surface area contributed by atoms with Crippen molar-refractivity contribution in [1.82, 2.24) is 5.06 Å². The van der Waals surface area contributed by atoms with E-state index in [2.05, 4.69) is 4.84 Å². The molecule has 0 unspecified atom stereocenters. The molecule has 1 rings (SSSR count). The molecule has 0 saturated heterocycles. The average molecular weight is 305 g/mol. The molecule has 1 aliphatic heterocycles. The number of hydrogen-bond acceptors (Lipinski definition) is 2. The van der Waals surface area contributed by atoms with Gasteiger partial charge >= 0.3 is 6.18 Å². The molecule has 0 spiro atoms. The number of allylic oxidation sites excluding steroid dienone is 2. The molecular formula is C7H7F3INO. The van der Waals surface area contributed by atoms with Crippen LogP contribution >= 0.6 is 22.6 Å². The Morgan fingerprint density at radius 1 is 1.54 bits per heavy atom. The molecule has 0 saturated carbocycles. The van der Waals surface area contributed by atoms with Crippen LogP contribution in [0.4, 0.5) is 13.2 Å². The monoisotopic (exact) mass is 305 g/mol. The molecule has 74 valence electrons. The van der Waals surface area contributed by atoms with E-state index in [1.807, 2.05) is 28.7 Å². The summed E-state index contributed by atoms with van der Waals surface area (Å²) >= 11 is 2.04. The number of nitrogens with zero attached hydrogens (tertiary/aromatic N) is 1. The fourth-order valence-corrected chi connectivity index (χ4v) is 1.29. The van der Waals surface area contributed by atoms with Crippen LogP contribution in [0, 0.1) is 0 Å². The van der Waals surface area contributed by atoms with Crippen LogP contribution in [0.1, 0.15) is 0 Å². The molecule has 0 N–H and O–H groups in total. The molecule has 1 heterocycles. The highest BCUT2D eigenvalue weighted by Gasteiger charge is 2.29. The minimum absolute atomic E-state index is 0.368. The maximum atomic E-state index is 11.7. The summed E-state index contributed by atoms with van der Waals surface area (Å²) in [7, 11) is 0. The van der Waals surface area contributed by atoms with E-state index in [0.29, 0.717) is 6.54 Å². The summed E-state index contributed by atoms with van der Waals surface area (Å²) in [4.78, 5) is 4.49. The minimum Gasteiger partial charge on any atom is -0.264 e. The normalized spacial score (nSPS) is 17.5. The standard InChI is InChI=1S/C7H7F3INO/c8-7(9,10)5-13-12-3-1-2-6(11)4-12/h1-3H,4-5H2. The van der Waals surface area contributed by atoms with Gasteiger partial charge in [-0.2, -0.15) is 13.2 Å². The Labute approximate surface area is 87.1 Å². The largest absolute Gasteiger partial charge is 0.414 e. The molecular weight excluding hydrogens is 298 g/mol. The van der Waals surface area contributed by atoms with E-state index in [1.54, 1.807) is 6.08 Å². The van der Waals surface area contributed by atoms with E-state index in [1.165, 1.54) is 6.20 Å². The van der Waals surface area contributed by atoms with E-state index >= 15 is 0 Å². The van der Waals surface area contributed by atoms with Gasteiger partial charge in [0.25, 0.3) is 0 Å². The summed E-state index contributed by atoms with van der Waals surface area (Å²) < 4.78 is 36.1. The highest BCUT2D eigenvalue weighted by molar-refractivity contribution is 14.1. The molecule has 0 bridgehead atoms. The van der Waals surface area contributed by atoms with Crippen molar-refractivity contribution in [2.24, 2.45) is 0 Å². The number of hydroxylamine groups is 2. The Bertz CT molecular complexity index is 236.